The Hall–Kier alpha value is -3.43. The fourth-order valence-corrected chi connectivity index (χ4v) is 6.02. The second kappa shape index (κ2) is 12.2. The van der Waals surface area contributed by atoms with Gasteiger partial charge in [-0.2, -0.15) is 0 Å². The van der Waals surface area contributed by atoms with Gasteiger partial charge in [0.05, 0.1) is 23.3 Å². The minimum absolute atomic E-state index is 0.211. The number of hydrogen-bond donors (Lipinski definition) is 1. The van der Waals surface area contributed by atoms with E-state index in [1.165, 1.54) is 0 Å². The van der Waals surface area contributed by atoms with Crippen LogP contribution in [0.15, 0.2) is 72.8 Å². The number of rotatable bonds is 8. The number of hydrogen-bond acceptors (Lipinski definition) is 5. The summed E-state index contributed by atoms with van der Waals surface area (Å²) in [6, 6.07) is 17.0. The molecule has 39 heavy (non-hydrogen) atoms. The van der Waals surface area contributed by atoms with Crippen LogP contribution in [0.1, 0.15) is 63.6 Å². The quantitative estimate of drug-likeness (QED) is 0.174. The minimum Gasteiger partial charge on any atom is -0.493 e. The van der Waals surface area contributed by atoms with E-state index in [9.17, 15) is 4.57 Å². The van der Waals surface area contributed by atoms with Gasteiger partial charge in [-0.25, -0.2) is 4.57 Å². The van der Waals surface area contributed by atoms with Gasteiger partial charge < -0.3 is 19.1 Å². The van der Waals surface area contributed by atoms with Crippen molar-refractivity contribution >= 4 is 30.4 Å². The SMILES string of the molecule is CCCCOc1cc(C=C/C=C/CC(C)(C)C)c2c(c1)Nc1cc(C)cc(C)c1OP(=O)(c1ccccc1)O2. The Kier molecular flexibility index (Phi) is 8.92. The molecule has 1 N–H and O–H groups in total. The maximum absolute atomic E-state index is 14.6. The Labute approximate surface area is 233 Å². The number of nitrogens with one attached hydrogen (secondary N) is 1. The molecule has 0 saturated carbocycles. The molecule has 1 aliphatic heterocycles. The van der Waals surface area contributed by atoms with Gasteiger partial charge in [0.25, 0.3) is 0 Å². The van der Waals surface area contributed by atoms with Crippen molar-refractivity contribution in [2.75, 3.05) is 11.9 Å². The summed E-state index contributed by atoms with van der Waals surface area (Å²) in [6.45, 7) is 13.4. The molecule has 0 fully saturated rings. The van der Waals surface area contributed by atoms with Crippen LogP contribution < -0.4 is 24.4 Å². The molecule has 3 aromatic rings. The molecule has 1 aliphatic rings. The lowest BCUT2D eigenvalue weighted by Gasteiger charge is -2.29. The molecular weight excluding hydrogens is 505 g/mol. The Balaban J connectivity index is 1.87. The first kappa shape index (κ1) is 28.6. The lowest BCUT2D eigenvalue weighted by Crippen LogP contribution is -2.18. The van der Waals surface area contributed by atoms with Crippen LogP contribution in [0.3, 0.4) is 0 Å². The maximum Gasteiger partial charge on any atom is 0.462 e. The molecule has 5 nitrogen and oxygen atoms in total. The van der Waals surface area contributed by atoms with Crippen molar-refractivity contribution in [1.29, 1.82) is 0 Å². The molecule has 1 heterocycles. The zero-order valence-electron chi connectivity index (χ0n) is 23.9. The van der Waals surface area contributed by atoms with Crippen LogP contribution in [-0.4, -0.2) is 6.61 Å². The van der Waals surface area contributed by atoms with Crippen LogP contribution in [0.5, 0.6) is 17.2 Å². The third-order valence-corrected chi connectivity index (χ3v) is 8.07. The fraction of sp³-hybridized carbons (Fsp3) is 0.333. The second-order valence-electron chi connectivity index (χ2n) is 11.2. The third kappa shape index (κ3) is 7.36. The van der Waals surface area contributed by atoms with Crippen LogP contribution in [-0.2, 0) is 4.57 Å². The second-order valence-corrected chi connectivity index (χ2v) is 13.1. The highest BCUT2D eigenvalue weighted by molar-refractivity contribution is 7.63. The number of allylic oxidation sites excluding steroid dienone is 3. The zero-order chi connectivity index (χ0) is 28.0. The maximum atomic E-state index is 14.6. The average molecular weight is 546 g/mol. The summed E-state index contributed by atoms with van der Waals surface area (Å²) in [6.07, 6.45) is 11.1. The summed E-state index contributed by atoms with van der Waals surface area (Å²) >= 11 is 0. The van der Waals surface area contributed by atoms with E-state index in [1.807, 2.05) is 74.5 Å². The highest BCUT2D eigenvalue weighted by Crippen LogP contribution is 2.55. The standard InChI is InChI=1S/C33H40NO4P/c1-7-8-19-36-27-22-26(15-11-10-14-18-33(4,5)6)32-30(23-27)34-29-21-24(2)20-25(3)31(29)37-39(35,38-32)28-16-12-9-13-17-28/h9-17,20-23,34H,7-8,18-19H2,1-6H3/b14-10+,15-11?. The summed E-state index contributed by atoms with van der Waals surface area (Å²) in [7, 11) is -3.81. The van der Waals surface area contributed by atoms with Crippen LogP contribution in [0.2, 0.25) is 0 Å². The average Bonchev–Trinajstić information content (AvgIpc) is 2.87. The number of aryl methyl sites for hydroxylation is 2. The van der Waals surface area contributed by atoms with Crippen LogP contribution in [0, 0.1) is 19.3 Å². The van der Waals surface area contributed by atoms with E-state index in [-0.39, 0.29) is 5.41 Å². The monoisotopic (exact) mass is 545 g/mol. The van der Waals surface area contributed by atoms with E-state index < -0.39 is 7.60 Å². The minimum atomic E-state index is -3.81. The van der Waals surface area contributed by atoms with Gasteiger partial charge in [-0.15, -0.1) is 0 Å². The summed E-state index contributed by atoms with van der Waals surface area (Å²) in [5.74, 6) is 1.69. The van der Waals surface area contributed by atoms with Gasteiger partial charge in [-0.3, -0.25) is 0 Å². The predicted molar refractivity (Wildman–Crippen MR) is 163 cm³/mol. The van der Waals surface area contributed by atoms with Crippen molar-refractivity contribution in [2.45, 2.75) is 60.8 Å². The van der Waals surface area contributed by atoms with Crippen molar-refractivity contribution in [1.82, 2.24) is 0 Å². The Morgan fingerprint density at radius 3 is 2.38 bits per heavy atom. The molecule has 3 aromatic carbocycles. The summed E-state index contributed by atoms with van der Waals surface area (Å²) in [5, 5.41) is 4.00. The Morgan fingerprint density at radius 1 is 0.949 bits per heavy atom. The molecule has 0 aromatic heterocycles. The van der Waals surface area contributed by atoms with Crippen LogP contribution >= 0.6 is 7.60 Å². The molecule has 0 aliphatic carbocycles. The van der Waals surface area contributed by atoms with Gasteiger partial charge >= 0.3 is 7.60 Å². The summed E-state index contributed by atoms with van der Waals surface area (Å²) in [5.41, 5.74) is 4.31. The number of benzene rings is 3. The first-order valence-electron chi connectivity index (χ1n) is 13.7. The number of anilines is 2. The smallest absolute Gasteiger partial charge is 0.462 e. The van der Waals surface area contributed by atoms with Gasteiger partial charge in [0.2, 0.25) is 0 Å². The zero-order valence-corrected chi connectivity index (χ0v) is 24.8. The molecule has 206 valence electrons. The van der Waals surface area contributed by atoms with E-state index in [0.717, 1.165) is 47.4 Å². The number of ether oxygens (including phenoxy) is 1. The normalized spacial score (nSPS) is 17.0. The van der Waals surface area contributed by atoms with Crippen LogP contribution in [0.4, 0.5) is 11.4 Å². The van der Waals surface area contributed by atoms with Crippen molar-refractivity contribution < 1.29 is 18.3 Å². The molecule has 6 heteroatoms. The Bertz CT molecular complexity index is 1400. The fourth-order valence-electron chi connectivity index (χ4n) is 4.31. The van der Waals surface area contributed by atoms with Gasteiger partial charge in [-0.1, -0.05) is 82.7 Å². The first-order chi connectivity index (χ1) is 18.6. The molecule has 0 radical (unpaired) electrons. The van der Waals surface area contributed by atoms with Crippen molar-refractivity contribution in [2.24, 2.45) is 5.41 Å². The molecule has 0 spiro atoms. The number of fused-ring (bicyclic) bond motifs is 2. The predicted octanol–water partition coefficient (Wildman–Crippen LogP) is 9.52. The highest BCUT2D eigenvalue weighted by atomic mass is 31.2. The summed E-state index contributed by atoms with van der Waals surface area (Å²) in [4.78, 5) is 0. The summed E-state index contributed by atoms with van der Waals surface area (Å²) < 4.78 is 33.4. The molecule has 4 rings (SSSR count). The highest BCUT2D eigenvalue weighted by Gasteiger charge is 2.36. The molecule has 1 atom stereocenters. The van der Waals surface area contributed by atoms with Gasteiger partial charge in [0.1, 0.15) is 5.75 Å². The topological polar surface area (TPSA) is 56.8 Å². The van der Waals surface area contributed by atoms with E-state index in [4.69, 9.17) is 13.8 Å². The van der Waals surface area contributed by atoms with E-state index in [1.54, 1.807) is 12.1 Å². The van der Waals surface area contributed by atoms with E-state index in [2.05, 4.69) is 39.1 Å². The first-order valence-corrected chi connectivity index (χ1v) is 15.2. The molecule has 0 amide bonds. The molecule has 0 bridgehead atoms. The van der Waals surface area contributed by atoms with Gasteiger partial charge in [-0.05, 0) is 67.5 Å². The van der Waals surface area contributed by atoms with Crippen molar-refractivity contribution in [3.63, 3.8) is 0 Å². The largest absolute Gasteiger partial charge is 0.493 e. The molecule has 1 unspecified atom stereocenters. The van der Waals surface area contributed by atoms with Gasteiger partial charge in [0, 0.05) is 11.6 Å². The third-order valence-electron chi connectivity index (χ3n) is 6.29. The van der Waals surface area contributed by atoms with E-state index in [0.29, 0.717) is 29.1 Å². The van der Waals surface area contributed by atoms with Gasteiger partial charge in [0.15, 0.2) is 11.5 Å². The van der Waals surface area contributed by atoms with Crippen molar-refractivity contribution in [3.8, 4) is 17.2 Å². The Morgan fingerprint density at radius 2 is 1.67 bits per heavy atom. The molecular formula is C33H40NO4P. The lowest BCUT2D eigenvalue weighted by molar-refractivity contribution is 0.309. The lowest BCUT2D eigenvalue weighted by atomic mass is 9.92. The van der Waals surface area contributed by atoms with E-state index >= 15 is 0 Å². The van der Waals surface area contributed by atoms with Crippen molar-refractivity contribution in [3.05, 3.63) is 89.5 Å². The van der Waals surface area contributed by atoms with Crippen LogP contribution in [0.25, 0.3) is 6.08 Å². The number of unbranched alkanes of at least 4 members (excludes halogenated alkanes) is 1. The molecule has 0 saturated heterocycles.